The van der Waals surface area contributed by atoms with Gasteiger partial charge in [0.1, 0.15) is 0 Å². The molecule has 0 saturated carbocycles. The summed E-state index contributed by atoms with van der Waals surface area (Å²) in [6, 6.07) is 0.868. The highest BCUT2D eigenvalue weighted by Crippen LogP contribution is 2.25. The van der Waals surface area contributed by atoms with Gasteiger partial charge in [0.05, 0.1) is 0 Å². The van der Waals surface area contributed by atoms with Crippen LogP contribution in [0.25, 0.3) is 0 Å². The summed E-state index contributed by atoms with van der Waals surface area (Å²) in [7, 11) is 0. The first-order valence-corrected chi connectivity index (χ1v) is 5.56. The van der Waals surface area contributed by atoms with Crippen LogP contribution in [-0.2, 0) is 0 Å². The number of hydrogen-bond acceptors (Lipinski definition) is 2. The highest BCUT2D eigenvalue weighted by molar-refractivity contribution is 4.90. The van der Waals surface area contributed by atoms with Crippen LogP contribution in [0.2, 0.25) is 0 Å². The lowest BCUT2D eigenvalue weighted by Gasteiger charge is -2.44. The highest BCUT2D eigenvalue weighted by Gasteiger charge is 2.34. The van der Waals surface area contributed by atoms with Crippen LogP contribution in [0, 0.1) is 0 Å². The van der Waals surface area contributed by atoms with Crippen molar-refractivity contribution in [3.05, 3.63) is 0 Å². The summed E-state index contributed by atoms with van der Waals surface area (Å²) in [5, 5.41) is 0. The Bertz CT molecular complexity index is 183. The minimum Gasteiger partial charge on any atom is -0.298 e. The minimum absolute atomic E-state index is 0.370. The van der Waals surface area contributed by atoms with Gasteiger partial charge in [0.25, 0.3) is 0 Å². The second-order valence-corrected chi connectivity index (χ2v) is 5.45. The average Bonchev–Trinajstić information content (AvgIpc) is 2.47. The summed E-state index contributed by atoms with van der Waals surface area (Å²) in [5.74, 6) is 0. The Kier molecular flexibility index (Phi) is 2.37. The molecule has 2 rings (SSSR count). The van der Waals surface area contributed by atoms with Gasteiger partial charge in [-0.2, -0.15) is 0 Å². The normalized spacial score (nSPS) is 32.1. The van der Waals surface area contributed by atoms with Gasteiger partial charge in [0.15, 0.2) is 0 Å². The summed E-state index contributed by atoms with van der Waals surface area (Å²) in [5.41, 5.74) is 0.370. The Morgan fingerprint density at radius 1 is 1.08 bits per heavy atom. The first-order valence-electron chi connectivity index (χ1n) is 5.56. The van der Waals surface area contributed by atoms with E-state index in [4.69, 9.17) is 0 Å². The molecule has 2 nitrogen and oxygen atoms in total. The zero-order chi connectivity index (χ0) is 9.47. The van der Waals surface area contributed by atoms with Crippen molar-refractivity contribution in [1.82, 2.24) is 9.80 Å². The van der Waals surface area contributed by atoms with E-state index in [9.17, 15) is 0 Å². The van der Waals surface area contributed by atoms with Crippen molar-refractivity contribution in [2.24, 2.45) is 0 Å². The van der Waals surface area contributed by atoms with E-state index in [-0.39, 0.29) is 0 Å². The molecule has 2 saturated heterocycles. The van der Waals surface area contributed by atoms with Gasteiger partial charge < -0.3 is 0 Å². The van der Waals surface area contributed by atoms with Crippen molar-refractivity contribution in [2.45, 2.75) is 45.2 Å². The number of fused-ring (bicyclic) bond motifs is 1. The molecule has 0 aromatic carbocycles. The molecule has 0 amide bonds. The molecule has 2 fully saturated rings. The van der Waals surface area contributed by atoms with Crippen LogP contribution in [0.4, 0.5) is 0 Å². The van der Waals surface area contributed by atoms with Crippen molar-refractivity contribution in [3.63, 3.8) is 0 Å². The molecule has 0 radical (unpaired) electrons. The standard InChI is InChI=1S/C11H22N2/c1-11(2,3)13-8-7-12-6-4-5-10(12)9-13/h10H,4-9H2,1-3H3/t10-/m0/s1. The van der Waals surface area contributed by atoms with Gasteiger partial charge in [-0.25, -0.2) is 0 Å². The summed E-state index contributed by atoms with van der Waals surface area (Å²) >= 11 is 0. The Morgan fingerprint density at radius 2 is 1.85 bits per heavy atom. The third-order valence-corrected chi connectivity index (χ3v) is 3.54. The van der Waals surface area contributed by atoms with Gasteiger partial charge >= 0.3 is 0 Å². The summed E-state index contributed by atoms with van der Waals surface area (Å²) in [6.07, 6.45) is 2.84. The maximum absolute atomic E-state index is 2.67. The molecule has 2 aliphatic heterocycles. The highest BCUT2D eigenvalue weighted by atomic mass is 15.3. The first-order chi connectivity index (χ1) is 6.07. The largest absolute Gasteiger partial charge is 0.298 e. The van der Waals surface area contributed by atoms with Crippen molar-refractivity contribution >= 4 is 0 Å². The molecule has 2 heteroatoms. The third-order valence-electron chi connectivity index (χ3n) is 3.54. The van der Waals surface area contributed by atoms with Gasteiger partial charge in [-0.3, -0.25) is 9.80 Å². The van der Waals surface area contributed by atoms with Crippen molar-refractivity contribution in [2.75, 3.05) is 26.2 Å². The Morgan fingerprint density at radius 3 is 2.54 bits per heavy atom. The fourth-order valence-electron chi connectivity index (χ4n) is 2.60. The van der Waals surface area contributed by atoms with Crippen molar-refractivity contribution < 1.29 is 0 Å². The maximum atomic E-state index is 2.67. The molecule has 2 aliphatic rings. The second-order valence-electron chi connectivity index (χ2n) is 5.45. The smallest absolute Gasteiger partial charge is 0.0224 e. The molecule has 0 aliphatic carbocycles. The van der Waals surface area contributed by atoms with Gasteiger partial charge in [0, 0.05) is 31.2 Å². The average molecular weight is 182 g/mol. The molecule has 0 aromatic heterocycles. The van der Waals surface area contributed by atoms with Gasteiger partial charge in [-0.05, 0) is 40.2 Å². The zero-order valence-corrected chi connectivity index (χ0v) is 9.21. The third kappa shape index (κ3) is 1.89. The zero-order valence-electron chi connectivity index (χ0n) is 9.21. The van der Waals surface area contributed by atoms with E-state index in [1.54, 1.807) is 0 Å². The lowest BCUT2D eigenvalue weighted by Crippen LogP contribution is -2.56. The van der Waals surface area contributed by atoms with Crippen LogP contribution in [0.15, 0.2) is 0 Å². The predicted molar refractivity (Wildman–Crippen MR) is 55.9 cm³/mol. The van der Waals surface area contributed by atoms with E-state index in [1.165, 1.54) is 39.0 Å². The van der Waals surface area contributed by atoms with E-state index < -0.39 is 0 Å². The van der Waals surface area contributed by atoms with E-state index in [1.807, 2.05) is 0 Å². The van der Waals surface area contributed by atoms with Gasteiger partial charge in [0.2, 0.25) is 0 Å². The molecular weight excluding hydrogens is 160 g/mol. The molecule has 0 spiro atoms. The summed E-state index contributed by atoms with van der Waals surface area (Å²) < 4.78 is 0. The Hall–Kier alpha value is -0.0800. The minimum atomic E-state index is 0.370. The molecular formula is C11H22N2. The van der Waals surface area contributed by atoms with E-state index in [0.717, 1.165) is 6.04 Å². The molecule has 0 bridgehead atoms. The maximum Gasteiger partial charge on any atom is 0.0224 e. The molecule has 2 heterocycles. The van der Waals surface area contributed by atoms with Crippen LogP contribution in [-0.4, -0.2) is 47.6 Å². The van der Waals surface area contributed by atoms with Crippen LogP contribution in [0.5, 0.6) is 0 Å². The fraction of sp³-hybridized carbons (Fsp3) is 1.00. The van der Waals surface area contributed by atoms with Crippen molar-refractivity contribution in [3.8, 4) is 0 Å². The van der Waals surface area contributed by atoms with Crippen LogP contribution in [0.3, 0.4) is 0 Å². The lowest BCUT2D eigenvalue weighted by atomic mass is 10.0. The van der Waals surface area contributed by atoms with Crippen molar-refractivity contribution in [1.29, 1.82) is 0 Å². The lowest BCUT2D eigenvalue weighted by molar-refractivity contribution is 0.0413. The topological polar surface area (TPSA) is 6.48 Å². The molecule has 0 unspecified atom stereocenters. The predicted octanol–water partition coefficient (Wildman–Crippen LogP) is 1.56. The fourth-order valence-corrected chi connectivity index (χ4v) is 2.60. The molecule has 0 aromatic rings. The van der Waals surface area contributed by atoms with Gasteiger partial charge in [-0.15, -0.1) is 0 Å². The van der Waals surface area contributed by atoms with E-state index in [2.05, 4.69) is 30.6 Å². The monoisotopic (exact) mass is 182 g/mol. The van der Waals surface area contributed by atoms with E-state index in [0.29, 0.717) is 5.54 Å². The first kappa shape index (κ1) is 9.47. The summed E-state index contributed by atoms with van der Waals surface area (Å²) in [6.45, 7) is 12.2. The molecule has 13 heavy (non-hydrogen) atoms. The van der Waals surface area contributed by atoms with Crippen LogP contribution < -0.4 is 0 Å². The Labute approximate surface area is 81.9 Å². The van der Waals surface area contributed by atoms with Crippen LogP contribution in [0.1, 0.15) is 33.6 Å². The number of rotatable bonds is 0. The summed E-state index contributed by atoms with van der Waals surface area (Å²) in [4.78, 5) is 5.31. The van der Waals surface area contributed by atoms with E-state index >= 15 is 0 Å². The quantitative estimate of drug-likeness (QED) is 0.561. The SMILES string of the molecule is CC(C)(C)N1CCN2CCC[C@H]2C1. The molecule has 76 valence electrons. The van der Waals surface area contributed by atoms with Gasteiger partial charge in [-0.1, -0.05) is 0 Å². The molecule has 0 N–H and O–H groups in total. The van der Waals surface area contributed by atoms with Crippen LogP contribution >= 0.6 is 0 Å². The Balaban J connectivity index is 1.97. The second kappa shape index (κ2) is 3.25. The number of nitrogens with zero attached hydrogens (tertiary/aromatic N) is 2. The molecule has 1 atom stereocenters. The number of piperazine rings is 1. The number of hydrogen-bond donors (Lipinski definition) is 0.